The van der Waals surface area contributed by atoms with Crippen molar-refractivity contribution in [3.8, 4) is 17.2 Å². The van der Waals surface area contributed by atoms with E-state index in [1.54, 1.807) is 6.92 Å². The van der Waals surface area contributed by atoms with Gasteiger partial charge in [-0.15, -0.1) is 0 Å². The number of non-ortho nitro benzene ring substituents is 1. The van der Waals surface area contributed by atoms with Crippen molar-refractivity contribution in [1.29, 1.82) is 0 Å². The molecule has 0 bridgehead atoms. The second-order valence-corrected chi connectivity index (χ2v) is 6.41. The first-order valence-electron chi connectivity index (χ1n) is 8.61. The number of fused-ring (bicyclic) bond motifs is 1. The van der Waals surface area contributed by atoms with E-state index < -0.39 is 11.0 Å². The van der Waals surface area contributed by atoms with Gasteiger partial charge in [-0.05, 0) is 37.7 Å². The quantitative estimate of drug-likeness (QED) is 0.575. The van der Waals surface area contributed by atoms with E-state index >= 15 is 0 Å². The molecule has 0 saturated heterocycles. The fraction of sp³-hybridized carbons (Fsp3) is 0.316. The Kier molecular flexibility index (Phi) is 5.65. The predicted octanol–water partition coefficient (Wildman–Crippen LogP) is 2.79. The van der Waals surface area contributed by atoms with Crippen LogP contribution in [0.3, 0.4) is 0 Å². The molecular weight excluding hydrogens is 366 g/mol. The Labute approximate surface area is 162 Å². The third-order valence-corrected chi connectivity index (χ3v) is 4.56. The van der Waals surface area contributed by atoms with Crippen molar-refractivity contribution in [3.63, 3.8) is 0 Å². The minimum absolute atomic E-state index is 0.108. The van der Waals surface area contributed by atoms with Crippen molar-refractivity contribution in [2.75, 3.05) is 26.3 Å². The van der Waals surface area contributed by atoms with Crippen LogP contribution in [0.5, 0.6) is 17.2 Å². The van der Waals surface area contributed by atoms with E-state index in [0.717, 1.165) is 5.56 Å². The number of nitro groups is 1. The molecule has 2 aromatic carbocycles. The van der Waals surface area contributed by atoms with Crippen LogP contribution in [-0.4, -0.2) is 42.7 Å². The number of anilines is 1. The largest absolute Gasteiger partial charge is 0.494 e. The lowest BCUT2D eigenvalue weighted by molar-refractivity contribution is -0.384. The summed E-state index contributed by atoms with van der Waals surface area (Å²) in [7, 11) is 3.23. The van der Waals surface area contributed by atoms with Crippen molar-refractivity contribution in [2.24, 2.45) is 0 Å². The van der Waals surface area contributed by atoms with Crippen molar-refractivity contribution < 1.29 is 23.9 Å². The number of hydrogen-bond acceptors (Lipinski definition) is 7. The number of hydrogen-bond donors (Lipinski definition) is 1. The Morgan fingerprint density at radius 1 is 1.29 bits per heavy atom. The van der Waals surface area contributed by atoms with Crippen LogP contribution < -0.4 is 19.5 Å². The first-order valence-corrected chi connectivity index (χ1v) is 8.61. The second kappa shape index (κ2) is 8.13. The molecule has 1 aliphatic heterocycles. The smallest absolute Gasteiger partial charge is 0.273 e. The first-order chi connectivity index (χ1) is 13.4. The fourth-order valence-electron chi connectivity index (χ4n) is 2.80. The highest BCUT2D eigenvalue weighted by molar-refractivity contribution is 5.96. The van der Waals surface area contributed by atoms with Gasteiger partial charge >= 0.3 is 0 Å². The molecule has 1 heterocycles. The van der Waals surface area contributed by atoms with E-state index in [2.05, 4.69) is 5.32 Å². The number of carbonyl (C=O) groups excluding carboxylic acids is 1. The topological polar surface area (TPSA) is 103 Å². The molecule has 0 fully saturated rings. The molecule has 9 heteroatoms. The Morgan fingerprint density at radius 3 is 2.75 bits per heavy atom. The highest BCUT2D eigenvalue weighted by atomic mass is 16.7. The van der Waals surface area contributed by atoms with Gasteiger partial charge < -0.3 is 19.5 Å². The summed E-state index contributed by atoms with van der Waals surface area (Å²) < 4.78 is 15.8. The van der Waals surface area contributed by atoms with Crippen molar-refractivity contribution in [2.45, 2.75) is 19.5 Å². The van der Waals surface area contributed by atoms with E-state index in [-0.39, 0.29) is 24.1 Å². The summed E-state index contributed by atoms with van der Waals surface area (Å²) in [5.74, 6) is 1.38. The average Bonchev–Trinajstić information content (AvgIpc) is 3.15. The number of nitrogens with zero attached hydrogens (tertiary/aromatic N) is 2. The molecule has 148 valence electrons. The van der Waals surface area contributed by atoms with Crippen LogP contribution in [0.15, 0.2) is 36.4 Å². The van der Waals surface area contributed by atoms with Gasteiger partial charge in [0.25, 0.3) is 5.69 Å². The zero-order chi connectivity index (χ0) is 20.3. The standard InChI is InChI=1S/C19H21N3O6/c1-12(21(2)10-13-4-7-16-18(8-13)28-11-27-16)19(23)20-15-6-5-14(22(24)25)9-17(15)26-3/h4-9,12H,10-11H2,1-3H3,(H,20,23)/t12-/m1/s1. The Bertz CT molecular complexity index is 901. The third kappa shape index (κ3) is 4.15. The molecule has 2 aromatic rings. The van der Waals surface area contributed by atoms with Crippen LogP contribution in [0.2, 0.25) is 0 Å². The van der Waals surface area contributed by atoms with E-state index in [0.29, 0.717) is 23.7 Å². The van der Waals surface area contributed by atoms with E-state index in [4.69, 9.17) is 14.2 Å². The fourth-order valence-corrected chi connectivity index (χ4v) is 2.80. The minimum atomic E-state index is -0.518. The van der Waals surface area contributed by atoms with Gasteiger partial charge in [0, 0.05) is 12.6 Å². The number of ether oxygens (including phenoxy) is 3. The normalized spacial score (nSPS) is 13.3. The molecule has 1 amide bonds. The summed E-state index contributed by atoms with van der Waals surface area (Å²) in [5, 5.41) is 13.6. The predicted molar refractivity (Wildman–Crippen MR) is 102 cm³/mol. The third-order valence-electron chi connectivity index (χ3n) is 4.56. The zero-order valence-corrected chi connectivity index (χ0v) is 15.8. The van der Waals surface area contributed by atoms with Gasteiger partial charge in [-0.2, -0.15) is 0 Å². The first kappa shape index (κ1) is 19.4. The number of rotatable bonds is 7. The van der Waals surface area contributed by atoms with Crippen molar-refractivity contribution >= 4 is 17.3 Å². The summed E-state index contributed by atoms with van der Waals surface area (Å²) in [6, 6.07) is 9.26. The molecule has 0 aromatic heterocycles. The lowest BCUT2D eigenvalue weighted by atomic mass is 10.1. The van der Waals surface area contributed by atoms with Gasteiger partial charge in [0.15, 0.2) is 11.5 Å². The van der Waals surface area contributed by atoms with Crippen LogP contribution in [-0.2, 0) is 11.3 Å². The number of nitrogens with one attached hydrogen (secondary N) is 1. The van der Waals surface area contributed by atoms with Crippen molar-refractivity contribution in [3.05, 3.63) is 52.1 Å². The van der Waals surface area contributed by atoms with E-state index in [1.165, 1.54) is 25.3 Å². The minimum Gasteiger partial charge on any atom is -0.494 e. The number of likely N-dealkylation sites (N-methyl/N-ethyl adjacent to an activating group) is 1. The summed E-state index contributed by atoms with van der Waals surface area (Å²) in [4.78, 5) is 24.9. The molecule has 0 radical (unpaired) electrons. The van der Waals surface area contributed by atoms with Gasteiger partial charge in [0.05, 0.1) is 29.8 Å². The number of methoxy groups -OCH3 is 1. The molecule has 0 saturated carbocycles. The van der Waals surface area contributed by atoms with Crippen LogP contribution in [0.25, 0.3) is 0 Å². The van der Waals surface area contributed by atoms with E-state index in [1.807, 2.05) is 30.1 Å². The molecule has 0 spiro atoms. The molecular formula is C19H21N3O6. The zero-order valence-electron chi connectivity index (χ0n) is 15.8. The molecule has 0 aliphatic carbocycles. The summed E-state index contributed by atoms with van der Waals surface area (Å²) in [5.41, 5.74) is 1.25. The maximum absolute atomic E-state index is 12.6. The molecule has 0 unspecified atom stereocenters. The summed E-state index contributed by atoms with van der Waals surface area (Å²) in [6.07, 6.45) is 0. The second-order valence-electron chi connectivity index (χ2n) is 6.41. The van der Waals surface area contributed by atoms with Gasteiger partial charge in [-0.1, -0.05) is 6.07 Å². The number of carbonyl (C=O) groups is 1. The maximum Gasteiger partial charge on any atom is 0.273 e. The molecule has 1 N–H and O–H groups in total. The van der Waals surface area contributed by atoms with Gasteiger partial charge in [-0.25, -0.2) is 0 Å². The summed E-state index contributed by atoms with van der Waals surface area (Å²) in [6.45, 7) is 2.52. The molecule has 1 aliphatic rings. The Morgan fingerprint density at radius 2 is 2.04 bits per heavy atom. The van der Waals surface area contributed by atoms with Crippen molar-refractivity contribution in [1.82, 2.24) is 4.90 Å². The molecule has 9 nitrogen and oxygen atoms in total. The maximum atomic E-state index is 12.6. The Balaban J connectivity index is 1.66. The van der Waals surface area contributed by atoms with Crippen LogP contribution in [0, 0.1) is 10.1 Å². The van der Waals surface area contributed by atoms with Gasteiger partial charge in [0.2, 0.25) is 12.7 Å². The van der Waals surface area contributed by atoms with Crippen LogP contribution in [0.1, 0.15) is 12.5 Å². The van der Waals surface area contributed by atoms with Crippen LogP contribution >= 0.6 is 0 Å². The lowest BCUT2D eigenvalue weighted by Gasteiger charge is -2.24. The number of benzene rings is 2. The van der Waals surface area contributed by atoms with Gasteiger partial charge in [-0.3, -0.25) is 19.8 Å². The SMILES string of the molecule is COc1cc([N+](=O)[O-])ccc1NC(=O)[C@@H](C)N(C)Cc1ccc2c(c1)OCO2. The molecule has 3 rings (SSSR count). The number of nitro benzene ring substituents is 1. The molecule has 1 atom stereocenters. The number of amides is 1. The van der Waals surface area contributed by atoms with Crippen LogP contribution in [0.4, 0.5) is 11.4 Å². The summed E-state index contributed by atoms with van der Waals surface area (Å²) >= 11 is 0. The van der Waals surface area contributed by atoms with E-state index in [9.17, 15) is 14.9 Å². The van der Waals surface area contributed by atoms with Gasteiger partial charge in [0.1, 0.15) is 5.75 Å². The lowest BCUT2D eigenvalue weighted by Crippen LogP contribution is -2.39. The monoisotopic (exact) mass is 387 g/mol. The Hall–Kier alpha value is -3.33. The molecule has 28 heavy (non-hydrogen) atoms. The average molecular weight is 387 g/mol. The highest BCUT2D eigenvalue weighted by Crippen LogP contribution is 2.33. The highest BCUT2D eigenvalue weighted by Gasteiger charge is 2.21.